The molecule has 0 spiro atoms. The minimum absolute atomic E-state index is 0.00751. The molecule has 0 aliphatic rings. The Morgan fingerprint density at radius 3 is 2.67 bits per heavy atom. The average molecular weight is 368 g/mol. The molecular weight excluding hydrogens is 352 g/mol. The number of carbonyl (C=O) groups excluding carboxylic acids is 2. The van der Waals surface area contributed by atoms with Gasteiger partial charge in [0.1, 0.15) is 0 Å². The molecule has 1 amide bonds. The molecule has 3 aromatic rings. The molecule has 2 aromatic heterocycles. The summed E-state index contributed by atoms with van der Waals surface area (Å²) in [6, 6.07) is 10.7. The molecule has 0 unspecified atom stereocenters. The molecule has 0 radical (unpaired) electrons. The van der Waals surface area contributed by atoms with Crippen molar-refractivity contribution in [3.05, 3.63) is 54.1 Å². The molecule has 9 heteroatoms. The maximum absolute atomic E-state index is 12.5. The third-order valence-corrected chi connectivity index (χ3v) is 3.45. The summed E-state index contributed by atoms with van der Waals surface area (Å²) in [5, 5.41) is 6.44. The van der Waals surface area contributed by atoms with Crippen LogP contribution >= 0.6 is 0 Å². The van der Waals surface area contributed by atoms with Crippen molar-refractivity contribution in [1.29, 1.82) is 0 Å². The number of nitrogens with one attached hydrogen (secondary N) is 1. The summed E-state index contributed by atoms with van der Waals surface area (Å²) in [7, 11) is 1.40. The predicted molar refractivity (Wildman–Crippen MR) is 93.0 cm³/mol. The number of hydrogen-bond donors (Lipinski definition) is 1. The van der Waals surface area contributed by atoms with Crippen molar-refractivity contribution in [2.24, 2.45) is 0 Å². The summed E-state index contributed by atoms with van der Waals surface area (Å²) in [6.07, 6.45) is 1.38. The number of ether oxygens (including phenoxy) is 2. The highest BCUT2D eigenvalue weighted by atomic mass is 16.6. The van der Waals surface area contributed by atoms with E-state index in [9.17, 15) is 9.59 Å². The molecule has 0 aliphatic heterocycles. The highest BCUT2D eigenvalue weighted by Crippen LogP contribution is 2.29. The van der Waals surface area contributed by atoms with Gasteiger partial charge in [-0.25, -0.2) is 4.98 Å². The van der Waals surface area contributed by atoms with E-state index in [-0.39, 0.29) is 23.7 Å². The Balaban J connectivity index is 1.73. The Morgan fingerprint density at radius 2 is 1.96 bits per heavy atom. The number of nitrogens with zero attached hydrogens (tertiary/aromatic N) is 3. The first-order valence-electron chi connectivity index (χ1n) is 7.96. The molecule has 2 heterocycles. The summed E-state index contributed by atoms with van der Waals surface area (Å²) in [5.74, 6) is -0.365. The number of aromatic nitrogens is 3. The van der Waals surface area contributed by atoms with Gasteiger partial charge in [0.05, 0.1) is 13.7 Å². The molecule has 0 fully saturated rings. The topological polar surface area (TPSA) is 116 Å². The largest absolute Gasteiger partial charge is 0.493 e. The van der Waals surface area contributed by atoms with Crippen LogP contribution in [0.5, 0.6) is 11.5 Å². The van der Waals surface area contributed by atoms with E-state index in [2.05, 4.69) is 20.4 Å². The van der Waals surface area contributed by atoms with Gasteiger partial charge in [-0.1, -0.05) is 23.4 Å². The summed E-state index contributed by atoms with van der Waals surface area (Å²) in [5.41, 5.74) is 0.686. The van der Waals surface area contributed by atoms with Gasteiger partial charge in [0.2, 0.25) is 5.75 Å². The van der Waals surface area contributed by atoms with E-state index >= 15 is 0 Å². The first kappa shape index (κ1) is 18.1. The molecule has 0 saturated carbocycles. The van der Waals surface area contributed by atoms with Crippen molar-refractivity contribution in [1.82, 2.24) is 20.4 Å². The van der Waals surface area contributed by atoms with E-state index in [0.717, 1.165) is 5.56 Å². The lowest BCUT2D eigenvalue weighted by atomic mass is 10.2. The lowest BCUT2D eigenvalue weighted by molar-refractivity contribution is -0.132. The van der Waals surface area contributed by atoms with Gasteiger partial charge < -0.3 is 19.3 Å². The van der Waals surface area contributed by atoms with E-state index in [0.29, 0.717) is 11.7 Å². The van der Waals surface area contributed by atoms with Crippen molar-refractivity contribution < 1.29 is 23.6 Å². The Morgan fingerprint density at radius 1 is 1.19 bits per heavy atom. The van der Waals surface area contributed by atoms with Crippen molar-refractivity contribution in [3.63, 3.8) is 0 Å². The molecule has 27 heavy (non-hydrogen) atoms. The first-order chi connectivity index (χ1) is 13.1. The maximum atomic E-state index is 12.5. The lowest BCUT2D eigenvalue weighted by Gasteiger charge is -2.11. The molecule has 0 bridgehead atoms. The van der Waals surface area contributed by atoms with Gasteiger partial charge in [0, 0.05) is 24.8 Å². The molecule has 9 nitrogen and oxygen atoms in total. The number of benzene rings is 1. The number of hydrogen-bond acceptors (Lipinski definition) is 8. The monoisotopic (exact) mass is 368 g/mol. The summed E-state index contributed by atoms with van der Waals surface area (Å²) >= 11 is 0. The standard InChI is InChI=1S/C18H16N4O5/c1-11(23)26-16-13(25-2)8-9-19-15(16)17(24)20-10-14-21-18(27-22-14)12-6-4-3-5-7-12/h3-9H,10H2,1-2H3,(H,20,24). The summed E-state index contributed by atoms with van der Waals surface area (Å²) in [6.45, 7) is 1.23. The Labute approximate surface area is 154 Å². The van der Waals surface area contributed by atoms with E-state index < -0.39 is 11.9 Å². The maximum Gasteiger partial charge on any atom is 0.308 e. The zero-order valence-corrected chi connectivity index (χ0v) is 14.6. The van der Waals surface area contributed by atoms with Crippen LogP contribution in [0.3, 0.4) is 0 Å². The fraction of sp³-hybridized carbons (Fsp3) is 0.167. The first-order valence-corrected chi connectivity index (χ1v) is 7.96. The van der Waals surface area contributed by atoms with Gasteiger partial charge in [-0.05, 0) is 12.1 Å². The Bertz CT molecular complexity index is 955. The van der Waals surface area contributed by atoms with Crippen molar-refractivity contribution >= 4 is 11.9 Å². The van der Waals surface area contributed by atoms with E-state index in [1.165, 1.54) is 26.3 Å². The number of methoxy groups -OCH3 is 1. The Kier molecular flexibility index (Phi) is 5.41. The van der Waals surface area contributed by atoms with Crippen LogP contribution in [0.4, 0.5) is 0 Å². The number of carbonyl (C=O) groups is 2. The molecule has 138 valence electrons. The SMILES string of the molecule is COc1ccnc(C(=O)NCc2noc(-c3ccccc3)n2)c1OC(C)=O. The highest BCUT2D eigenvalue weighted by molar-refractivity contribution is 5.96. The van der Waals surface area contributed by atoms with Crippen LogP contribution in [0.2, 0.25) is 0 Å². The number of amides is 1. The van der Waals surface area contributed by atoms with Gasteiger partial charge in [-0.2, -0.15) is 4.98 Å². The molecule has 0 atom stereocenters. The van der Waals surface area contributed by atoms with Crippen LogP contribution in [0.15, 0.2) is 47.1 Å². The number of rotatable bonds is 6. The summed E-state index contributed by atoms with van der Waals surface area (Å²) in [4.78, 5) is 32.0. The zero-order valence-electron chi connectivity index (χ0n) is 14.6. The molecule has 3 rings (SSSR count). The smallest absolute Gasteiger partial charge is 0.308 e. The second kappa shape index (κ2) is 8.09. The van der Waals surface area contributed by atoms with Gasteiger partial charge in [0.25, 0.3) is 11.8 Å². The van der Waals surface area contributed by atoms with Crippen molar-refractivity contribution in [3.8, 4) is 23.0 Å². The minimum Gasteiger partial charge on any atom is -0.493 e. The number of pyridine rings is 1. The normalized spacial score (nSPS) is 10.3. The van der Waals surface area contributed by atoms with Crippen LogP contribution in [-0.4, -0.2) is 34.1 Å². The van der Waals surface area contributed by atoms with Gasteiger partial charge in [-0.3, -0.25) is 9.59 Å². The fourth-order valence-electron chi connectivity index (χ4n) is 2.26. The molecule has 0 aliphatic carbocycles. The van der Waals surface area contributed by atoms with E-state index in [4.69, 9.17) is 14.0 Å². The van der Waals surface area contributed by atoms with Crippen molar-refractivity contribution in [2.75, 3.05) is 7.11 Å². The van der Waals surface area contributed by atoms with Crippen LogP contribution in [0, 0.1) is 0 Å². The van der Waals surface area contributed by atoms with Crippen molar-refractivity contribution in [2.45, 2.75) is 13.5 Å². The van der Waals surface area contributed by atoms with Gasteiger partial charge in [-0.15, -0.1) is 0 Å². The van der Waals surface area contributed by atoms with Crippen LogP contribution < -0.4 is 14.8 Å². The zero-order chi connectivity index (χ0) is 19.2. The third kappa shape index (κ3) is 4.27. The number of esters is 1. The fourth-order valence-corrected chi connectivity index (χ4v) is 2.26. The van der Waals surface area contributed by atoms with Crippen LogP contribution in [0.25, 0.3) is 11.5 Å². The highest BCUT2D eigenvalue weighted by Gasteiger charge is 2.21. The second-order valence-electron chi connectivity index (χ2n) is 5.35. The van der Waals surface area contributed by atoms with Gasteiger partial charge in [0.15, 0.2) is 17.3 Å². The molecular formula is C18H16N4O5. The molecule has 1 aromatic carbocycles. The average Bonchev–Trinajstić information content (AvgIpc) is 3.15. The predicted octanol–water partition coefficient (Wildman–Crippen LogP) is 2.00. The van der Waals surface area contributed by atoms with E-state index in [1.54, 1.807) is 0 Å². The minimum atomic E-state index is -0.596. The Hall–Kier alpha value is -3.75. The summed E-state index contributed by atoms with van der Waals surface area (Å²) < 4.78 is 15.4. The van der Waals surface area contributed by atoms with E-state index in [1.807, 2.05) is 30.3 Å². The molecule has 0 saturated heterocycles. The molecule has 1 N–H and O–H groups in total. The third-order valence-electron chi connectivity index (χ3n) is 3.45. The van der Waals surface area contributed by atoms with Gasteiger partial charge >= 0.3 is 5.97 Å². The van der Waals surface area contributed by atoms with Crippen LogP contribution in [0.1, 0.15) is 23.2 Å². The second-order valence-corrected chi connectivity index (χ2v) is 5.35. The quantitative estimate of drug-likeness (QED) is 0.657. The lowest BCUT2D eigenvalue weighted by Crippen LogP contribution is -2.25. The van der Waals surface area contributed by atoms with Crippen LogP contribution in [-0.2, 0) is 11.3 Å².